The largest absolute Gasteiger partial charge is 0.573 e. The number of rotatable bonds is 2. The summed E-state index contributed by atoms with van der Waals surface area (Å²) in [6.45, 7) is 3.03. The molecule has 1 aliphatic rings. The number of anilines is 1. The van der Waals surface area contributed by atoms with Crippen LogP contribution >= 0.6 is 0 Å². The molecule has 0 radical (unpaired) electrons. The number of hydrogen-bond donors (Lipinski definition) is 1. The van der Waals surface area contributed by atoms with Gasteiger partial charge < -0.3 is 15.0 Å². The van der Waals surface area contributed by atoms with Gasteiger partial charge in [0.05, 0.1) is 1.37 Å². The van der Waals surface area contributed by atoms with Gasteiger partial charge in [0.1, 0.15) is 5.75 Å². The molecule has 0 unspecified atom stereocenters. The minimum atomic E-state index is -4.77. The predicted molar refractivity (Wildman–Crippen MR) is 58.2 cm³/mol. The second-order valence-electron chi connectivity index (χ2n) is 3.70. The van der Waals surface area contributed by atoms with Crippen molar-refractivity contribution < 1.29 is 19.3 Å². The Morgan fingerprint density at radius 1 is 1.35 bits per heavy atom. The molecule has 0 saturated carbocycles. The van der Waals surface area contributed by atoms with E-state index < -0.39 is 12.1 Å². The van der Waals surface area contributed by atoms with Crippen molar-refractivity contribution in [2.45, 2.75) is 6.36 Å². The zero-order valence-corrected chi connectivity index (χ0v) is 9.05. The first kappa shape index (κ1) is 10.7. The maximum atomic E-state index is 12.2. The van der Waals surface area contributed by atoms with Crippen LogP contribution < -0.4 is 15.0 Å². The number of halogens is 3. The summed E-state index contributed by atoms with van der Waals surface area (Å²) < 4.78 is 47.7. The lowest BCUT2D eigenvalue weighted by atomic mass is 10.2. The quantitative estimate of drug-likeness (QED) is 0.865. The molecule has 1 heterocycles. The van der Waals surface area contributed by atoms with Crippen molar-refractivity contribution in [2.24, 2.45) is 0 Å². The summed E-state index contributed by atoms with van der Waals surface area (Å²) in [5, 5.41) is 3.16. The molecule has 2 rings (SSSR count). The maximum absolute atomic E-state index is 12.2. The van der Waals surface area contributed by atoms with Gasteiger partial charge in [-0.05, 0) is 12.1 Å². The minimum absolute atomic E-state index is 0.272. The molecule has 1 N–H and O–H groups in total. The normalized spacial score (nSPS) is 17.8. The molecule has 3 nitrogen and oxygen atoms in total. The van der Waals surface area contributed by atoms with E-state index in [1.165, 1.54) is 12.1 Å². The van der Waals surface area contributed by atoms with Crippen molar-refractivity contribution in [1.82, 2.24) is 5.32 Å². The Morgan fingerprint density at radius 2 is 2.06 bits per heavy atom. The molecule has 0 bridgehead atoms. The van der Waals surface area contributed by atoms with Crippen LogP contribution in [-0.4, -0.2) is 32.5 Å². The van der Waals surface area contributed by atoms with Crippen molar-refractivity contribution in [3.05, 3.63) is 24.2 Å². The number of ether oxygens (including phenoxy) is 1. The van der Waals surface area contributed by atoms with Crippen LogP contribution in [0.1, 0.15) is 1.37 Å². The second kappa shape index (κ2) is 4.83. The lowest BCUT2D eigenvalue weighted by Crippen LogP contribution is -2.43. The van der Waals surface area contributed by atoms with E-state index in [4.69, 9.17) is 1.37 Å². The van der Waals surface area contributed by atoms with Gasteiger partial charge in [0.2, 0.25) is 0 Å². The Morgan fingerprint density at radius 3 is 2.71 bits per heavy atom. The van der Waals surface area contributed by atoms with E-state index in [0.29, 0.717) is 5.69 Å². The highest BCUT2D eigenvalue weighted by Crippen LogP contribution is 2.26. The molecule has 1 aromatic carbocycles. The molecule has 1 saturated heterocycles. The molecule has 1 aliphatic heterocycles. The first-order valence-electron chi connectivity index (χ1n) is 5.78. The van der Waals surface area contributed by atoms with Crippen molar-refractivity contribution >= 4 is 5.69 Å². The molecule has 0 atom stereocenters. The highest BCUT2D eigenvalue weighted by atomic mass is 19.4. The molecule has 0 aliphatic carbocycles. The molecule has 17 heavy (non-hydrogen) atoms. The van der Waals surface area contributed by atoms with E-state index in [9.17, 15) is 13.2 Å². The number of benzene rings is 1. The van der Waals surface area contributed by atoms with Crippen molar-refractivity contribution in [3.8, 4) is 5.75 Å². The highest BCUT2D eigenvalue weighted by molar-refractivity contribution is 5.51. The minimum Gasteiger partial charge on any atom is -0.406 e. The summed E-state index contributed by atoms with van der Waals surface area (Å²) in [5.41, 5.74) is 0.645. The molecule has 0 aromatic heterocycles. The predicted octanol–water partition coefficient (Wildman–Crippen LogP) is 1.99. The van der Waals surface area contributed by atoms with Crippen LogP contribution in [0.2, 0.25) is 0 Å². The van der Waals surface area contributed by atoms with Crippen LogP contribution in [0.25, 0.3) is 0 Å². The zero-order chi connectivity index (χ0) is 13.2. The highest BCUT2D eigenvalue weighted by Gasteiger charge is 2.31. The summed E-state index contributed by atoms with van der Waals surface area (Å²) in [7, 11) is 0. The van der Waals surface area contributed by atoms with Crippen LogP contribution in [0, 0.1) is 0 Å². The van der Waals surface area contributed by atoms with Crippen LogP contribution in [0.4, 0.5) is 18.9 Å². The first-order valence-corrected chi connectivity index (χ1v) is 5.28. The summed E-state index contributed by atoms with van der Waals surface area (Å²) in [4.78, 5) is 1.96. The summed E-state index contributed by atoms with van der Waals surface area (Å²) in [6.07, 6.45) is -4.77. The van der Waals surface area contributed by atoms with Gasteiger partial charge in [-0.2, -0.15) is 0 Å². The molecule has 94 valence electrons. The van der Waals surface area contributed by atoms with Gasteiger partial charge in [0.15, 0.2) is 0 Å². The summed E-state index contributed by atoms with van der Waals surface area (Å²) in [6, 6.07) is 3.95. The number of nitrogens with one attached hydrogen (secondary N) is 1. The maximum Gasteiger partial charge on any atom is 0.573 e. The first-order chi connectivity index (χ1) is 8.46. The van der Waals surface area contributed by atoms with Crippen molar-refractivity contribution in [1.29, 1.82) is 0 Å². The monoisotopic (exact) mass is 247 g/mol. The summed E-state index contributed by atoms with van der Waals surface area (Å²) >= 11 is 0. The third-order valence-electron chi connectivity index (χ3n) is 2.47. The molecular formula is C11H13F3N2O. The van der Waals surface area contributed by atoms with Crippen molar-refractivity contribution in [3.63, 3.8) is 0 Å². The molecule has 0 amide bonds. The third-order valence-corrected chi connectivity index (χ3v) is 2.47. The van der Waals surface area contributed by atoms with E-state index in [0.717, 1.165) is 26.2 Å². The van der Waals surface area contributed by atoms with Crippen LogP contribution in [-0.2, 0) is 0 Å². The summed E-state index contributed by atoms with van der Waals surface area (Å²) in [5.74, 6) is -0.460. The fourth-order valence-electron chi connectivity index (χ4n) is 1.74. The van der Waals surface area contributed by atoms with Gasteiger partial charge in [0.25, 0.3) is 0 Å². The molecule has 1 aromatic rings. The second-order valence-corrected chi connectivity index (χ2v) is 3.70. The lowest BCUT2D eigenvalue weighted by Gasteiger charge is -2.29. The Bertz CT molecular complexity index is 419. The zero-order valence-electron chi connectivity index (χ0n) is 10.0. The molecular weight excluding hydrogens is 233 g/mol. The molecule has 6 heteroatoms. The van der Waals surface area contributed by atoms with Crippen LogP contribution in [0.3, 0.4) is 0 Å². The van der Waals surface area contributed by atoms with E-state index in [-0.39, 0.29) is 6.04 Å². The van der Waals surface area contributed by atoms with Gasteiger partial charge in [-0.15, -0.1) is 13.2 Å². The molecule has 0 spiro atoms. The van der Waals surface area contributed by atoms with Gasteiger partial charge in [-0.3, -0.25) is 0 Å². The average molecular weight is 247 g/mol. The van der Waals surface area contributed by atoms with Crippen LogP contribution in [0.15, 0.2) is 24.2 Å². The van der Waals surface area contributed by atoms with Crippen LogP contribution in [0.5, 0.6) is 5.75 Å². The van der Waals surface area contributed by atoms with Gasteiger partial charge in [-0.25, -0.2) is 0 Å². The molecule has 1 fully saturated rings. The van der Waals surface area contributed by atoms with Gasteiger partial charge >= 0.3 is 6.36 Å². The van der Waals surface area contributed by atoms with Gasteiger partial charge in [-0.1, -0.05) is 6.07 Å². The smallest absolute Gasteiger partial charge is 0.406 e. The third kappa shape index (κ3) is 3.52. The number of alkyl halides is 3. The fraction of sp³-hybridized carbons (Fsp3) is 0.455. The Labute approximate surface area is 98.6 Å². The number of nitrogens with zero attached hydrogens (tertiary/aromatic N) is 1. The lowest BCUT2D eigenvalue weighted by molar-refractivity contribution is -0.274. The standard InChI is InChI=1S/C11H13F3N2O/c12-11(13,14)17-10-3-1-2-9(8-10)16-6-4-15-5-7-16/h1-3,8,15H,4-7H2/i3D. The van der Waals surface area contributed by atoms with E-state index >= 15 is 0 Å². The fourth-order valence-corrected chi connectivity index (χ4v) is 1.74. The number of hydrogen-bond acceptors (Lipinski definition) is 3. The van der Waals surface area contributed by atoms with Crippen molar-refractivity contribution in [2.75, 3.05) is 31.1 Å². The van der Waals surface area contributed by atoms with E-state index in [2.05, 4.69) is 10.1 Å². The average Bonchev–Trinajstić information content (AvgIpc) is 2.31. The SMILES string of the molecule is [2H]c1ccc(N2CCNCC2)cc1OC(F)(F)F. The Kier molecular flexibility index (Phi) is 3.04. The topological polar surface area (TPSA) is 24.5 Å². The van der Waals surface area contributed by atoms with E-state index in [1.54, 1.807) is 6.07 Å². The Balaban J connectivity index is 2.19. The Hall–Kier alpha value is -1.43. The van der Waals surface area contributed by atoms with Gasteiger partial charge in [0, 0.05) is 37.9 Å². The van der Waals surface area contributed by atoms with E-state index in [1.807, 2.05) is 4.90 Å². The number of piperazine rings is 1.